The zero-order valence-corrected chi connectivity index (χ0v) is 18.4. The third-order valence-electron chi connectivity index (χ3n) is 7.52. The van der Waals surface area contributed by atoms with E-state index in [0.29, 0.717) is 18.4 Å². The predicted molar refractivity (Wildman–Crippen MR) is 103 cm³/mol. The van der Waals surface area contributed by atoms with Gasteiger partial charge in [0.05, 0.1) is 18.6 Å². The summed E-state index contributed by atoms with van der Waals surface area (Å²) in [4.78, 5) is 12.3. The van der Waals surface area contributed by atoms with E-state index in [1.807, 2.05) is 6.92 Å². The highest BCUT2D eigenvalue weighted by atomic mass is 28.4. The van der Waals surface area contributed by atoms with E-state index in [4.69, 9.17) is 9.16 Å². The molecule has 2 aliphatic carbocycles. The summed E-state index contributed by atoms with van der Waals surface area (Å²) in [5.74, 6) is 0.0228. The fourth-order valence-electron chi connectivity index (χ4n) is 4.63. The number of hydrogen-bond donors (Lipinski definition) is 1. The lowest BCUT2D eigenvalue weighted by molar-refractivity contribution is -0.153. The van der Waals surface area contributed by atoms with Crippen LogP contribution in [0.25, 0.3) is 0 Å². The molecule has 0 bridgehead atoms. The molecule has 4 nitrogen and oxygen atoms in total. The number of rotatable bonds is 4. The molecule has 1 N–H and O–H groups in total. The van der Waals surface area contributed by atoms with Gasteiger partial charge in [-0.1, -0.05) is 34.6 Å². The van der Waals surface area contributed by atoms with Gasteiger partial charge in [-0.3, -0.25) is 4.79 Å². The normalized spacial score (nSPS) is 39.2. The molecule has 146 valence electrons. The van der Waals surface area contributed by atoms with Crippen molar-refractivity contribution in [2.24, 2.45) is 23.2 Å². The Morgan fingerprint density at radius 2 is 1.84 bits per heavy atom. The highest BCUT2D eigenvalue weighted by molar-refractivity contribution is 6.74. The van der Waals surface area contributed by atoms with Gasteiger partial charge in [0.15, 0.2) is 8.32 Å². The first kappa shape index (κ1) is 20.9. The Morgan fingerprint density at radius 1 is 1.24 bits per heavy atom. The van der Waals surface area contributed by atoms with Gasteiger partial charge in [0.1, 0.15) is 0 Å². The van der Waals surface area contributed by atoms with Gasteiger partial charge in [-0.2, -0.15) is 0 Å². The molecule has 0 saturated heterocycles. The topological polar surface area (TPSA) is 55.8 Å². The summed E-state index contributed by atoms with van der Waals surface area (Å²) >= 11 is 0. The van der Waals surface area contributed by atoms with E-state index >= 15 is 0 Å². The van der Waals surface area contributed by atoms with Gasteiger partial charge in [0.25, 0.3) is 0 Å². The quantitative estimate of drug-likeness (QED) is 0.589. The van der Waals surface area contributed by atoms with Crippen molar-refractivity contribution in [1.82, 2.24) is 0 Å². The highest BCUT2D eigenvalue weighted by Crippen LogP contribution is 2.58. The van der Waals surface area contributed by atoms with Crippen LogP contribution in [0.4, 0.5) is 0 Å². The molecule has 6 atom stereocenters. The van der Waals surface area contributed by atoms with Crippen molar-refractivity contribution >= 4 is 14.3 Å². The molecule has 0 spiro atoms. The number of carbonyl (C=O) groups excluding carboxylic acids is 1. The summed E-state index contributed by atoms with van der Waals surface area (Å²) in [6.07, 6.45) is 2.26. The maximum Gasteiger partial charge on any atom is 0.311 e. The van der Waals surface area contributed by atoms with Crippen LogP contribution in [0.15, 0.2) is 0 Å². The van der Waals surface area contributed by atoms with Gasteiger partial charge in [0.2, 0.25) is 0 Å². The fourth-order valence-corrected chi connectivity index (χ4v) is 6.01. The van der Waals surface area contributed by atoms with E-state index in [1.165, 1.54) is 0 Å². The molecule has 0 aromatic carbocycles. The Bertz CT molecular complexity index is 498. The smallest absolute Gasteiger partial charge is 0.311 e. The van der Waals surface area contributed by atoms with E-state index in [0.717, 1.165) is 19.3 Å². The zero-order valence-electron chi connectivity index (χ0n) is 17.4. The fraction of sp³-hybridized carbons (Fsp3) is 0.950. The predicted octanol–water partition coefficient (Wildman–Crippen LogP) is 4.37. The van der Waals surface area contributed by atoms with E-state index in [-0.39, 0.29) is 28.4 Å². The maximum atomic E-state index is 12.3. The minimum absolute atomic E-state index is 0.194. The summed E-state index contributed by atoms with van der Waals surface area (Å²) in [5, 5.41) is 11.1. The Morgan fingerprint density at radius 3 is 2.36 bits per heavy atom. The lowest BCUT2D eigenvalue weighted by Gasteiger charge is -2.49. The minimum Gasteiger partial charge on any atom is -0.466 e. The summed E-state index contributed by atoms with van der Waals surface area (Å²) in [5.41, 5.74) is -0.218. The first-order valence-corrected chi connectivity index (χ1v) is 12.8. The molecule has 25 heavy (non-hydrogen) atoms. The van der Waals surface area contributed by atoms with Crippen LogP contribution in [0.2, 0.25) is 18.1 Å². The molecule has 0 amide bonds. The van der Waals surface area contributed by atoms with Crippen LogP contribution < -0.4 is 0 Å². The largest absolute Gasteiger partial charge is 0.466 e. The molecule has 5 heteroatoms. The number of fused-ring (bicyclic) bond motifs is 1. The highest BCUT2D eigenvalue weighted by Gasteiger charge is 2.59. The summed E-state index contributed by atoms with van der Waals surface area (Å²) in [6.45, 7) is 18.0. The molecule has 2 saturated carbocycles. The van der Waals surface area contributed by atoms with Crippen molar-refractivity contribution in [3.8, 4) is 0 Å². The zero-order chi connectivity index (χ0) is 19.2. The second kappa shape index (κ2) is 6.97. The number of ether oxygens (including phenoxy) is 1. The van der Waals surface area contributed by atoms with Crippen LogP contribution >= 0.6 is 0 Å². The molecule has 1 unspecified atom stereocenters. The number of hydrogen-bond acceptors (Lipinski definition) is 4. The van der Waals surface area contributed by atoms with Gasteiger partial charge >= 0.3 is 5.97 Å². The summed E-state index contributed by atoms with van der Waals surface area (Å²) in [7, 11) is -1.81. The Kier molecular flexibility index (Phi) is 5.83. The Labute approximate surface area is 154 Å². The lowest BCUT2D eigenvalue weighted by Crippen LogP contribution is -2.51. The van der Waals surface area contributed by atoms with Crippen molar-refractivity contribution in [1.29, 1.82) is 0 Å². The average Bonchev–Trinajstić information content (AvgIpc) is 2.72. The molecule has 0 aromatic heterocycles. The van der Waals surface area contributed by atoms with Gasteiger partial charge in [0, 0.05) is 6.10 Å². The Hall–Kier alpha value is -0.393. The van der Waals surface area contributed by atoms with Crippen LogP contribution in [0, 0.1) is 23.2 Å². The molecule has 2 aliphatic rings. The average molecular weight is 371 g/mol. The van der Waals surface area contributed by atoms with Gasteiger partial charge in [-0.25, -0.2) is 0 Å². The van der Waals surface area contributed by atoms with E-state index < -0.39 is 14.4 Å². The molecular weight excluding hydrogens is 332 g/mol. The number of carbonyl (C=O) groups is 1. The van der Waals surface area contributed by atoms with Crippen molar-refractivity contribution < 1.29 is 19.1 Å². The molecular formula is C20H38O4Si. The molecule has 2 fully saturated rings. The third-order valence-corrected chi connectivity index (χ3v) is 12.1. The molecule has 2 rings (SSSR count). The van der Waals surface area contributed by atoms with Crippen LogP contribution in [0.5, 0.6) is 0 Å². The van der Waals surface area contributed by atoms with E-state index in [2.05, 4.69) is 47.7 Å². The van der Waals surface area contributed by atoms with Crippen molar-refractivity contribution in [2.75, 3.05) is 6.61 Å². The Balaban J connectivity index is 2.16. The number of aliphatic hydroxyl groups is 1. The van der Waals surface area contributed by atoms with E-state index in [1.54, 1.807) is 0 Å². The second-order valence-corrected chi connectivity index (χ2v) is 14.7. The number of aliphatic hydroxyl groups excluding tert-OH is 1. The first-order chi connectivity index (χ1) is 11.3. The number of esters is 1. The first-order valence-electron chi connectivity index (χ1n) is 9.87. The van der Waals surface area contributed by atoms with Gasteiger partial charge in [-0.05, 0) is 61.6 Å². The summed E-state index contributed by atoms with van der Waals surface area (Å²) < 4.78 is 11.9. The SMILES string of the molecule is CCOC(=O)C1C[C@@H]2C[C@@H](O[Si](C)(C)C(C)(C)C)C[C@@H](C)[C@]2(C)[C@@H]1O. The second-order valence-electron chi connectivity index (χ2n) is 9.97. The monoisotopic (exact) mass is 370 g/mol. The van der Waals surface area contributed by atoms with Crippen molar-refractivity contribution in [3.05, 3.63) is 0 Å². The van der Waals surface area contributed by atoms with Crippen molar-refractivity contribution in [3.63, 3.8) is 0 Å². The van der Waals surface area contributed by atoms with Crippen LogP contribution in [0.3, 0.4) is 0 Å². The molecule has 0 aromatic rings. The molecule has 0 radical (unpaired) electrons. The standard InChI is InChI=1S/C20H38O4Si/c1-9-23-18(22)16-12-14-11-15(24-25(7,8)19(3,4)5)10-13(2)20(14,6)17(16)21/h13-17,21H,9-12H2,1-8H3/t13-,14+,15+,16?,17-,20+/m1/s1. The van der Waals surface area contributed by atoms with Gasteiger partial charge in [-0.15, -0.1) is 0 Å². The third kappa shape index (κ3) is 3.70. The van der Waals surface area contributed by atoms with Crippen LogP contribution in [0.1, 0.15) is 60.8 Å². The van der Waals surface area contributed by atoms with Gasteiger partial charge < -0.3 is 14.3 Å². The summed E-state index contributed by atoms with van der Waals surface area (Å²) in [6, 6.07) is 0. The molecule has 0 aliphatic heterocycles. The van der Waals surface area contributed by atoms with Crippen LogP contribution in [-0.2, 0) is 14.0 Å². The van der Waals surface area contributed by atoms with Crippen LogP contribution in [-0.4, -0.2) is 38.2 Å². The van der Waals surface area contributed by atoms with Crippen molar-refractivity contribution in [2.45, 2.75) is 91.1 Å². The van der Waals surface area contributed by atoms with E-state index in [9.17, 15) is 9.90 Å². The lowest BCUT2D eigenvalue weighted by atomic mass is 9.61. The minimum atomic E-state index is -1.81. The maximum absolute atomic E-state index is 12.3. The molecule has 0 heterocycles.